The second kappa shape index (κ2) is 6.23. The summed E-state index contributed by atoms with van der Waals surface area (Å²) in [4.78, 5) is 13.3. The van der Waals surface area contributed by atoms with Crippen molar-refractivity contribution < 1.29 is 14.1 Å². The standard InChI is InChI=1S/C18H23NO3/c1-4-14-5-6-16-15(8-18(20)22-17(16)7-14)11-19-9-12(2)21-13(3)10-19/h5-8,12-13H,4,9-11H2,1-3H3/p+1/t12-,13-/m1/s1. The van der Waals surface area contributed by atoms with Crippen LogP contribution in [-0.2, 0) is 17.7 Å². The lowest BCUT2D eigenvalue weighted by Crippen LogP contribution is -3.14. The second-order valence-corrected chi connectivity index (χ2v) is 6.37. The fourth-order valence-electron chi connectivity index (χ4n) is 3.44. The van der Waals surface area contributed by atoms with E-state index in [0.29, 0.717) is 5.58 Å². The minimum Gasteiger partial charge on any atom is -0.423 e. The molecule has 0 aliphatic carbocycles. The van der Waals surface area contributed by atoms with Gasteiger partial charge in [-0.15, -0.1) is 0 Å². The first kappa shape index (κ1) is 15.3. The molecule has 2 heterocycles. The Morgan fingerprint density at radius 2 is 1.91 bits per heavy atom. The molecule has 118 valence electrons. The molecule has 0 amide bonds. The molecular weight excluding hydrogens is 278 g/mol. The molecule has 3 rings (SSSR count). The molecule has 1 N–H and O–H groups in total. The van der Waals surface area contributed by atoms with Crippen LogP contribution in [0.4, 0.5) is 0 Å². The SMILES string of the molecule is CCc1ccc2c(C[NH+]3C[C@@H](C)O[C@H](C)C3)cc(=O)oc2c1. The van der Waals surface area contributed by atoms with Gasteiger partial charge in [0.15, 0.2) is 0 Å². The van der Waals surface area contributed by atoms with Gasteiger partial charge in [-0.05, 0) is 31.9 Å². The van der Waals surface area contributed by atoms with Crippen molar-refractivity contribution in [2.75, 3.05) is 13.1 Å². The van der Waals surface area contributed by atoms with Gasteiger partial charge >= 0.3 is 5.63 Å². The number of hydrogen-bond donors (Lipinski definition) is 1. The number of benzene rings is 1. The van der Waals surface area contributed by atoms with Gasteiger partial charge < -0.3 is 14.1 Å². The highest BCUT2D eigenvalue weighted by Crippen LogP contribution is 2.18. The van der Waals surface area contributed by atoms with Crippen molar-refractivity contribution >= 4 is 11.0 Å². The average Bonchev–Trinajstić information content (AvgIpc) is 2.45. The van der Waals surface area contributed by atoms with Crippen molar-refractivity contribution in [3.8, 4) is 0 Å². The number of ether oxygens (including phenoxy) is 1. The van der Waals surface area contributed by atoms with E-state index in [9.17, 15) is 4.79 Å². The largest absolute Gasteiger partial charge is 0.423 e. The molecule has 0 unspecified atom stereocenters. The van der Waals surface area contributed by atoms with Crippen LogP contribution in [0, 0.1) is 0 Å². The van der Waals surface area contributed by atoms with E-state index in [1.807, 2.05) is 6.07 Å². The molecule has 0 spiro atoms. The number of quaternary nitrogens is 1. The molecule has 1 aromatic heterocycles. The van der Waals surface area contributed by atoms with E-state index in [1.165, 1.54) is 10.5 Å². The molecule has 4 heteroatoms. The summed E-state index contributed by atoms with van der Waals surface area (Å²) >= 11 is 0. The van der Waals surface area contributed by atoms with Crippen LogP contribution in [0.5, 0.6) is 0 Å². The first-order chi connectivity index (χ1) is 10.5. The molecule has 0 radical (unpaired) electrons. The van der Waals surface area contributed by atoms with Crippen LogP contribution < -0.4 is 10.5 Å². The van der Waals surface area contributed by atoms with Crippen molar-refractivity contribution in [3.05, 3.63) is 45.8 Å². The van der Waals surface area contributed by atoms with Gasteiger partial charge in [0.05, 0.1) is 0 Å². The van der Waals surface area contributed by atoms with E-state index in [0.717, 1.165) is 37.0 Å². The van der Waals surface area contributed by atoms with Gasteiger partial charge in [-0.3, -0.25) is 0 Å². The summed E-state index contributed by atoms with van der Waals surface area (Å²) in [5.74, 6) is 0. The summed E-state index contributed by atoms with van der Waals surface area (Å²) in [7, 11) is 0. The zero-order chi connectivity index (χ0) is 15.7. The highest BCUT2D eigenvalue weighted by molar-refractivity contribution is 5.80. The molecule has 1 aliphatic heterocycles. The van der Waals surface area contributed by atoms with Crippen molar-refractivity contribution in [3.63, 3.8) is 0 Å². The fourth-order valence-corrected chi connectivity index (χ4v) is 3.44. The van der Waals surface area contributed by atoms with E-state index in [2.05, 4.69) is 32.9 Å². The number of nitrogens with one attached hydrogen (secondary N) is 1. The maximum absolute atomic E-state index is 11.9. The van der Waals surface area contributed by atoms with Gasteiger partial charge in [0, 0.05) is 17.0 Å². The first-order valence-electron chi connectivity index (χ1n) is 8.10. The minimum absolute atomic E-state index is 0.260. The van der Waals surface area contributed by atoms with E-state index in [-0.39, 0.29) is 17.8 Å². The van der Waals surface area contributed by atoms with Gasteiger partial charge in [-0.25, -0.2) is 4.79 Å². The van der Waals surface area contributed by atoms with Crippen LogP contribution in [0.1, 0.15) is 31.9 Å². The maximum Gasteiger partial charge on any atom is 0.336 e. The minimum atomic E-state index is -0.260. The van der Waals surface area contributed by atoms with Gasteiger partial charge in [-0.2, -0.15) is 0 Å². The molecule has 2 atom stereocenters. The van der Waals surface area contributed by atoms with Crippen molar-refractivity contribution in [2.24, 2.45) is 0 Å². The summed E-state index contributed by atoms with van der Waals surface area (Å²) < 4.78 is 11.2. The number of hydrogen-bond acceptors (Lipinski definition) is 3. The zero-order valence-corrected chi connectivity index (χ0v) is 13.5. The Morgan fingerprint density at radius 1 is 1.18 bits per heavy atom. The third-order valence-electron chi connectivity index (χ3n) is 4.36. The topological polar surface area (TPSA) is 43.9 Å². The Hall–Kier alpha value is -1.65. The third kappa shape index (κ3) is 3.23. The zero-order valence-electron chi connectivity index (χ0n) is 13.5. The smallest absolute Gasteiger partial charge is 0.336 e. The average molecular weight is 302 g/mol. The monoisotopic (exact) mass is 302 g/mol. The number of rotatable bonds is 3. The van der Waals surface area contributed by atoms with Crippen LogP contribution in [-0.4, -0.2) is 25.3 Å². The van der Waals surface area contributed by atoms with E-state index in [4.69, 9.17) is 9.15 Å². The predicted molar refractivity (Wildman–Crippen MR) is 86.3 cm³/mol. The number of fused-ring (bicyclic) bond motifs is 1. The highest BCUT2D eigenvalue weighted by atomic mass is 16.5. The van der Waals surface area contributed by atoms with Gasteiger partial charge in [0.2, 0.25) is 0 Å². The van der Waals surface area contributed by atoms with Gasteiger partial charge in [-0.1, -0.05) is 19.1 Å². The van der Waals surface area contributed by atoms with Crippen LogP contribution in [0.2, 0.25) is 0 Å². The molecule has 1 saturated heterocycles. The molecule has 0 saturated carbocycles. The molecule has 0 bridgehead atoms. The number of morpholine rings is 1. The van der Waals surface area contributed by atoms with Crippen molar-refractivity contribution in [1.82, 2.24) is 0 Å². The molecule has 1 aromatic carbocycles. The van der Waals surface area contributed by atoms with Crippen LogP contribution in [0.15, 0.2) is 33.5 Å². The van der Waals surface area contributed by atoms with Crippen molar-refractivity contribution in [2.45, 2.75) is 45.9 Å². The predicted octanol–water partition coefficient (Wildman–Crippen LogP) is 1.55. The molecular formula is C18H24NO3+. The molecule has 1 aliphatic rings. The Bertz CT molecular complexity index is 712. The normalized spacial score (nSPS) is 25.5. The first-order valence-corrected chi connectivity index (χ1v) is 8.10. The molecule has 22 heavy (non-hydrogen) atoms. The van der Waals surface area contributed by atoms with Crippen LogP contribution in [0.25, 0.3) is 11.0 Å². The molecule has 4 nitrogen and oxygen atoms in total. The van der Waals surface area contributed by atoms with E-state index in [1.54, 1.807) is 6.07 Å². The summed E-state index contributed by atoms with van der Waals surface area (Å²) in [6.45, 7) is 9.11. The van der Waals surface area contributed by atoms with E-state index < -0.39 is 0 Å². The van der Waals surface area contributed by atoms with Gasteiger partial charge in [0.1, 0.15) is 37.4 Å². The van der Waals surface area contributed by atoms with Crippen LogP contribution in [0.3, 0.4) is 0 Å². The Kier molecular flexibility index (Phi) is 4.32. The quantitative estimate of drug-likeness (QED) is 0.875. The fraction of sp³-hybridized carbons (Fsp3) is 0.500. The molecule has 1 fully saturated rings. The second-order valence-electron chi connectivity index (χ2n) is 6.37. The lowest BCUT2D eigenvalue weighted by molar-refractivity contribution is -0.928. The van der Waals surface area contributed by atoms with E-state index >= 15 is 0 Å². The van der Waals surface area contributed by atoms with Crippen molar-refractivity contribution in [1.29, 1.82) is 0 Å². The summed E-state index contributed by atoms with van der Waals surface area (Å²) in [5, 5.41) is 1.05. The van der Waals surface area contributed by atoms with Crippen LogP contribution >= 0.6 is 0 Å². The Morgan fingerprint density at radius 3 is 2.59 bits per heavy atom. The lowest BCUT2D eigenvalue weighted by atomic mass is 10.1. The summed E-state index contributed by atoms with van der Waals surface area (Å²) in [6, 6.07) is 7.83. The summed E-state index contributed by atoms with van der Waals surface area (Å²) in [6.07, 6.45) is 1.46. The Labute approximate surface area is 130 Å². The highest BCUT2D eigenvalue weighted by Gasteiger charge is 2.26. The maximum atomic E-state index is 11.9. The number of aryl methyl sites for hydroxylation is 1. The third-order valence-corrected chi connectivity index (χ3v) is 4.36. The lowest BCUT2D eigenvalue weighted by Gasteiger charge is -2.32. The Balaban J connectivity index is 1.94. The summed E-state index contributed by atoms with van der Waals surface area (Å²) in [5.41, 5.74) is 2.71. The molecule has 2 aromatic rings. The van der Waals surface area contributed by atoms with Gasteiger partial charge in [0.25, 0.3) is 0 Å².